The van der Waals surface area contributed by atoms with Crippen molar-refractivity contribution < 1.29 is 19.1 Å². The van der Waals surface area contributed by atoms with Crippen molar-refractivity contribution in [3.8, 4) is 0 Å². The number of rotatable bonds is 6. The number of para-hydroxylation sites is 4. The van der Waals surface area contributed by atoms with Crippen LogP contribution in [0.1, 0.15) is 34.1 Å². The summed E-state index contributed by atoms with van der Waals surface area (Å²) >= 11 is 0. The minimum atomic E-state index is -1.17. The van der Waals surface area contributed by atoms with Gasteiger partial charge in [0.15, 0.2) is 6.10 Å². The van der Waals surface area contributed by atoms with Crippen molar-refractivity contribution in [2.75, 3.05) is 10.2 Å². The van der Waals surface area contributed by atoms with Crippen LogP contribution >= 0.6 is 0 Å². The molecule has 9 nitrogen and oxygen atoms in total. The molecule has 0 spiro atoms. The number of anilines is 2. The van der Waals surface area contributed by atoms with Crippen molar-refractivity contribution in [2.45, 2.75) is 58.8 Å². The number of amides is 2. The lowest BCUT2D eigenvalue weighted by Gasteiger charge is -2.42. The van der Waals surface area contributed by atoms with Gasteiger partial charge in [-0.05, 0) is 52.0 Å². The number of fused-ring (bicyclic) bond motifs is 2. The molecule has 4 rings (SSSR count). The number of imidazole rings is 1. The van der Waals surface area contributed by atoms with E-state index in [1.165, 1.54) is 11.8 Å². The Morgan fingerprint density at radius 3 is 2.29 bits per heavy atom. The number of hydrogen-bond acceptors (Lipinski definition) is 5. The summed E-state index contributed by atoms with van der Waals surface area (Å²) in [5.74, 6) is -1.43. The largest absolute Gasteiger partial charge is 0.452 e. The first kappa shape index (κ1) is 23.3. The highest BCUT2D eigenvalue weighted by atomic mass is 16.5. The van der Waals surface area contributed by atoms with Crippen molar-refractivity contribution in [1.29, 1.82) is 0 Å². The zero-order valence-electron chi connectivity index (χ0n) is 19.7. The van der Waals surface area contributed by atoms with Crippen molar-refractivity contribution in [1.82, 2.24) is 9.13 Å². The Balaban J connectivity index is 1.49. The Morgan fingerprint density at radius 1 is 1.00 bits per heavy atom. The highest BCUT2D eigenvalue weighted by Gasteiger charge is 2.45. The van der Waals surface area contributed by atoms with Gasteiger partial charge in [0.25, 0.3) is 5.91 Å². The first-order valence-electron chi connectivity index (χ1n) is 11.3. The maximum absolute atomic E-state index is 13.3. The molecule has 0 bridgehead atoms. The monoisotopic (exact) mass is 464 g/mol. The van der Waals surface area contributed by atoms with Crippen LogP contribution in [-0.2, 0) is 32.2 Å². The zero-order valence-corrected chi connectivity index (χ0v) is 19.7. The first-order chi connectivity index (χ1) is 16.2. The van der Waals surface area contributed by atoms with E-state index in [0.717, 1.165) is 11.0 Å². The molecule has 1 aromatic heterocycles. The van der Waals surface area contributed by atoms with Gasteiger partial charge >= 0.3 is 11.7 Å². The molecule has 178 valence electrons. The Labute approximate surface area is 196 Å². The van der Waals surface area contributed by atoms with Gasteiger partial charge in [-0.25, -0.2) is 4.79 Å². The second kappa shape index (κ2) is 8.81. The fourth-order valence-electron chi connectivity index (χ4n) is 4.33. The third-order valence-electron chi connectivity index (χ3n) is 6.17. The predicted octanol–water partition coefficient (Wildman–Crippen LogP) is 2.91. The van der Waals surface area contributed by atoms with Gasteiger partial charge in [-0.3, -0.25) is 28.4 Å². The number of nitrogens with one attached hydrogen (secondary N) is 1. The molecule has 2 amide bonds. The SMILES string of the molecule is CCn1c(=O)n(CCC(=O)O[C@@H](C)C(=O)N2c3ccccc3NC(=O)C2(C)C)c2ccccc21. The topological polar surface area (TPSA) is 103 Å². The van der Waals surface area contributed by atoms with Gasteiger partial charge in [0.2, 0.25) is 5.91 Å². The molecule has 0 unspecified atom stereocenters. The summed E-state index contributed by atoms with van der Waals surface area (Å²) in [6.07, 6.45) is -1.19. The molecule has 2 heterocycles. The Bertz CT molecular complexity index is 1340. The summed E-state index contributed by atoms with van der Waals surface area (Å²) in [6, 6.07) is 14.4. The average molecular weight is 465 g/mol. The molecule has 9 heteroatoms. The standard InChI is InChI=1S/C25H28N4O5/c1-5-27-19-12-8-9-13-20(19)28(24(27)33)15-14-21(30)34-16(2)22(31)29-18-11-7-6-10-17(18)26-23(32)25(29,3)4/h6-13,16H,5,14-15H2,1-4H3,(H,26,32)/t16-/m0/s1. The molecule has 2 aromatic carbocycles. The molecule has 0 fully saturated rings. The van der Waals surface area contributed by atoms with E-state index < -0.39 is 23.5 Å². The molecular formula is C25H28N4O5. The minimum Gasteiger partial charge on any atom is -0.452 e. The van der Waals surface area contributed by atoms with Crippen LogP contribution in [0.2, 0.25) is 0 Å². The van der Waals surface area contributed by atoms with E-state index in [2.05, 4.69) is 5.32 Å². The zero-order chi connectivity index (χ0) is 24.6. The van der Waals surface area contributed by atoms with E-state index >= 15 is 0 Å². The molecule has 0 radical (unpaired) electrons. The number of esters is 1. The number of ether oxygens (including phenoxy) is 1. The molecule has 3 aromatic rings. The Hall–Kier alpha value is -3.88. The Kier molecular flexibility index (Phi) is 6.03. The number of hydrogen-bond donors (Lipinski definition) is 1. The van der Waals surface area contributed by atoms with Crippen LogP contribution in [-0.4, -0.2) is 38.6 Å². The summed E-state index contributed by atoms with van der Waals surface area (Å²) in [5, 5.41) is 2.80. The van der Waals surface area contributed by atoms with Gasteiger partial charge in [-0.2, -0.15) is 0 Å². The van der Waals surface area contributed by atoms with Gasteiger partial charge in [0.05, 0.1) is 28.8 Å². The van der Waals surface area contributed by atoms with Crippen LogP contribution in [0, 0.1) is 0 Å². The number of aromatic nitrogens is 2. The van der Waals surface area contributed by atoms with Crippen LogP contribution in [0.3, 0.4) is 0 Å². The van der Waals surface area contributed by atoms with Crippen molar-refractivity contribution in [3.63, 3.8) is 0 Å². The van der Waals surface area contributed by atoms with E-state index in [9.17, 15) is 19.2 Å². The number of aryl methyl sites for hydroxylation is 2. The van der Waals surface area contributed by atoms with Crippen molar-refractivity contribution in [3.05, 3.63) is 59.0 Å². The molecule has 1 atom stereocenters. The highest BCUT2D eigenvalue weighted by molar-refractivity contribution is 6.15. The number of carbonyl (C=O) groups is 3. The molecule has 0 saturated carbocycles. The van der Waals surface area contributed by atoms with Crippen LogP contribution in [0.15, 0.2) is 53.3 Å². The Morgan fingerprint density at radius 2 is 1.62 bits per heavy atom. The molecule has 1 aliphatic rings. The summed E-state index contributed by atoms with van der Waals surface area (Å²) in [4.78, 5) is 52.7. The third kappa shape index (κ3) is 3.87. The molecular weight excluding hydrogens is 436 g/mol. The summed E-state index contributed by atoms with van der Waals surface area (Å²) < 4.78 is 8.62. The number of benzene rings is 2. The van der Waals surface area contributed by atoms with Gasteiger partial charge in [0, 0.05) is 13.1 Å². The quantitative estimate of drug-likeness (QED) is 0.565. The second-order valence-electron chi connectivity index (χ2n) is 8.75. The molecule has 0 saturated heterocycles. The van der Waals surface area contributed by atoms with Crippen molar-refractivity contribution >= 4 is 40.2 Å². The smallest absolute Gasteiger partial charge is 0.329 e. The molecule has 1 N–H and O–H groups in total. The van der Waals surface area contributed by atoms with Crippen molar-refractivity contribution in [2.24, 2.45) is 0 Å². The van der Waals surface area contributed by atoms with E-state index in [4.69, 9.17) is 4.74 Å². The maximum atomic E-state index is 13.3. The first-order valence-corrected chi connectivity index (χ1v) is 11.3. The maximum Gasteiger partial charge on any atom is 0.329 e. The van der Waals surface area contributed by atoms with Crippen LogP contribution in [0.4, 0.5) is 11.4 Å². The second-order valence-corrected chi connectivity index (χ2v) is 8.75. The molecule has 0 aliphatic carbocycles. The normalized spacial score (nSPS) is 15.5. The molecule has 34 heavy (non-hydrogen) atoms. The van der Waals surface area contributed by atoms with Crippen LogP contribution in [0.25, 0.3) is 11.0 Å². The van der Waals surface area contributed by atoms with Crippen LogP contribution in [0.5, 0.6) is 0 Å². The van der Waals surface area contributed by atoms with E-state index in [0.29, 0.717) is 17.9 Å². The van der Waals surface area contributed by atoms with E-state index in [1.54, 1.807) is 47.2 Å². The fourth-order valence-corrected chi connectivity index (χ4v) is 4.33. The number of nitrogens with zero attached hydrogens (tertiary/aromatic N) is 3. The summed E-state index contributed by atoms with van der Waals surface area (Å²) in [6.45, 7) is 7.30. The lowest BCUT2D eigenvalue weighted by Crippen LogP contribution is -2.60. The fraction of sp³-hybridized carbons (Fsp3) is 0.360. The lowest BCUT2D eigenvalue weighted by molar-refractivity contribution is -0.154. The van der Waals surface area contributed by atoms with Gasteiger partial charge in [-0.1, -0.05) is 24.3 Å². The molecule has 1 aliphatic heterocycles. The lowest BCUT2D eigenvalue weighted by atomic mass is 9.95. The minimum absolute atomic E-state index is 0.0737. The third-order valence-corrected chi connectivity index (χ3v) is 6.17. The van der Waals surface area contributed by atoms with Gasteiger partial charge in [-0.15, -0.1) is 0 Å². The highest BCUT2D eigenvalue weighted by Crippen LogP contribution is 2.37. The predicted molar refractivity (Wildman–Crippen MR) is 129 cm³/mol. The van der Waals surface area contributed by atoms with Gasteiger partial charge < -0.3 is 10.1 Å². The van der Waals surface area contributed by atoms with E-state index in [1.807, 2.05) is 31.2 Å². The summed E-state index contributed by atoms with van der Waals surface area (Å²) in [5.41, 5.74) is 1.24. The van der Waals surface area contributed by atoms with E-state index in [-0.39, 0.29) is 24.6 Å². The number of carbonyl (C=O) groups excluding carboxylic acids is 3. The van der Waals surface area contributed by atoms with Crippen LogP contribution < -0.4 is 15.9 Å². The average Bonchev–Trinajstić information content (AvgIpc) is 3.08. The summed E-state index contributed by atoms with van der Waals surface area (Å²) in [7, 11) is 0. The van der Waals surface area contributed by atoms with Gasteiger partial charge in [0.1, 0.15) is 5.54 Å².